The van der Waals surface area contributed by atoms with Crippen LogP contribution in [-0.2, 0) is 14.9 Å². The molecule has 0 radical (unpaired) electrons. The summed E-state index contributed by atoms with van der Waals surface area (Å²) in [5.74, 6) is -1.81. The van der Waals surface area contributed by atoms with E-state index in [4.69, 9.17) is 4.55 Å². The highest BCUT2D eigenvalue weighted by Gasteiger charge is 2.14. The van der Waals surface area contributed by atoms with Crippen LogP contribution in [0.2, 0.25) is 0 Å². The molecule has 0 aromatic heterocycles. The summed E-state index contributed by atoms with van der Waals surface area (Å²) in [6.07, 6.45) is 0. The summed E-state index contributed by atoms with van der Waals surface area (Å²) in [5, 5.41) is 0. The molecule has 1 aromatic carbocycles. The van der Waals surface area contributed by atoms with E-state index in [-0.39, 0.29) is 5.75 Å². The van der Waals surface area contributed by atoms with E-state index in [0.29, 0.717) is 0 Å². The van der Waals surface area contributed by atoms with Gasteiger partial charge in [0.25, 0.3) is 10.1 Å². The van der Waals surface area contributed by atoms with Crippen molar-refractivity contribution in [1.82, 2.24) is 0 Å². The van der Waals surface area contributed by atoms with Crippen molar-refractivity contribution in [2.24, 2.45) is 0 Å². The lowest BCUT2D eigenvalue weighted by Gasteiger charge is -2.02. The standard InChI is InChI=1S/C8H7IO5S/c9-6-2-1-3-7(4-6)14-8(10)5-15(11,12)13/h1-4H,5H2,(H,11,12,13). The molecule has 0 aliphatic carbocycles. The van der Waals surface area contributed by atoms with Crippen LogP contribution in [0.5, 0.6) is 5.75 Å². The fourth-order valence-corrected chi connectivity index (χ4v) is 1.71. The second-order valence-corrected chi connectivity index (χ2v) is 5.36. The van der Waals surface area contributed by atoms with Crippen molar-refractivity contribution in [2.75, 3.05) is 5.75 Å². The SMILES string of the molecule is O=C(CS(=O)(=O)O)Oc1cccc(I)c1. The lowest BCUT2D eigenvalue weighted by Crippen LogP contribution is -2.20. The zero-order valence-corrected chi connectivity index (χ0v) is 10.4. The third-order valence-electron chi connectivity index (χ3n) is 1.33. The predicted molar refractivity (Wildman–Crippen MR) is 61.2 cm³/mol. The van der Waals surface area contributed by atoms with Crippen LogP contribution in [-0.4, -0.2) is 24.7 Å². The predicted octanol–water partition coefficient (Wildman–Crippen LogP) is 1.08. The van der Waals surface area contributed by atoms with Crippen molar-refractivity contribution >= 4 is 38.7 Å². The van der Waals surface area contributed by atoms with Crippen LogP contribution >= 0.6 is 22.6 Å². The maximum atomic E-state index is 11.0. The van der Waals surface area contributed by atoms with Gasteiger partial charge in [0, 0.05) is 3.57 Å². The van der Waals surface area contributed by atoms with Crippen molar-refractivity contribution in [3.05, 3.63) is 27.8 Å². The molecular formula is C8H7IO5S. The molecule has 0 fully saturated rings. The molecule has 1 N–H and O–H groups in total. The van der Waals surface area contributed by atoms with Gasteiger partial charge in [0.05, 0.1) is 0 Å². The van der Waals surface area contributed by atoms with Gasteiger partial charge in [-0.2, -0.15) is 8.42 Å². The summed E-state index contributed by atoms with van der Waals surface area (Å²) in [6.45, 7) is 0. The van der Waals surface area contributed by atoms with Gasteiger partial charge < -0.3 is 4.74 Å². The summed E-state index contributed by atoms with van der Waals surface area (Å²) in [4.78, 5) is 11.0. The van der Waals surface area contributed by atoms with Gasteiger partial charge in [-0.25, -0.2) is 0 Å². The molecule has 0 spiro atoms. The van der Waals surface area contributed by atoms with Gasteiger partial charge in [-0.15, -0.1) is 0 Å². The molecule has 0 amide bonds. The second-order valence-electron chi connectivity index (χ2n) is 2.66. The first-order valence-corrected chi connectivity index (χ1v) is 6.47. The van der Waals surface area contributed by atoms with E-state index in [1.165, 1.54) is 6.07 Å². The minimum absolute atomic E-state index is 0.246. The quantitative estimate of drug-likeness (QED) is 0.385. The van der Waals surface area contributed by atoms with Crippen LogP contribution in [0.15, 0.2) is 24.3 Å². The van der Waals surface area contributed by atoms with Gasteiger partial charge in [0.2, 0.25) is 0 Å². The van der Waals surface area contributed by atoms with Gasteiger partial charge in [-0.3, -0.25) is 9.35 Å². The Labute approximate surface area is 100 Å². The van der Waals surface area contributed by atoms with Crippen molar-refractivity contribution in [3.63, 3.8) is 0 Å². The molecule has 1 rings (SSSR count). The fourth-order valence-electron chi connectivity index (χ4n) is 0.840. The first-order valence-electron chi connectivity index (χ1n) is 3.78. The Balaban J connectivity index is 2.67. The van der Waals surface area contributed by atoms with Crippen molar-refractivity contribution in [2.45, 2.75) is 0 Å². The summed E-state index contributed by atoms with van der Waals surface area (Å²) in [6, 6.07) is 6.55. The Morgan fingerprint density at radius 2 is 2.13 bits per heavy atom. The monoisotopic (exact) mass is 342 g/mol. The van der Waals surface area contributed by atoms with Crippen LogP contribution in [0.1, 0.15) is 0 Å². The van der Waals surface area contributed by atoms with Crippen molar-refractivity contribution in [3.8, 4) is 5.75 Å². The van der Waals surface area contributed by atoms with Gasteiger partial charge in [0.1, 0.15) is 5.75 Å². The molecular weight excluding hydrogens is 335 g/mol. The molecule has 0 aliphatic rings. The number of carbonyl (C=O) groups is 1. The second kappa shape index (κ2) is 4.90. The average molecular weight is 342 g/mol. The van der Waals surface area contributed by atoms with E-state index < -0.39 is 21.8 Å². The van der Waals surface area contributed by atoms with Crippen LogP contribution in [0.4, 0.5) is 0 Å². The molecule has 7 heteroatoms. The third-order valence-corrected chi connectivity index (χ3v) is 2.60. The van der Waals surface area contributed by atoms with E-state index in [9.17, 15) is 13.2 Å². The highest BCUT2D eigenvalue weighted by Crippen LogP contribution is 2.14. The molecule has 0 saturated carbocycles. The molecule has 1 aromatic rings. The molecule has 0 saturated heterocycles. The third kappa shape index (κ3) is 5.09. The van der Waals surface area contributed by atoms with Crippen LogP contribution in [0.25, 0.3) is 0 Å². The molecule has 0 atom stereocenters. The van der Waals surface area contributed by atoms with Gasteiger partial charge in [-0.05, 0) is 40.8 Å². The van der Waals surface area contributed by atoms with E-state index in [0.717, 1.165) is 3.57 Å². The smallest absolute Gasteiger partial charge is 0.329 e. The van der Waals surface area contributed by atoms with Crippen molar-refractivity contribution in [1.29, 1.82) is 0 Å². The Hall–Kier alpha value is -0.670. The molecule has 5 nitrogen and oxygen atoms in total. The first-order chi connectivity index (χ1) is 6.87. The van der Waals surface area contributed by atoms with Gasteiger partial charge in [0.15, 0.2) is 5.75 Å². The number of ether oxygens (including phenoxy) is 1. The molecule has 0 aliphatic heterocycles. The van der Waals surface area contributed by atoms with E-state index in [1.54, 1.807) is 18.2 Å². The summed E-state index contributed by atoms with van der Waals surface area (Å²) in [5.41, 5.74) is 0. The first kappa shape index (κ1) is 12.4. The van der Waals surface area contributed by atoms with Gasteiger partial charge in [-0.1, -0.05) is 6.07 Å². The minimum Gasteiger partial charge on any atom is -0.426 e. The largest absolute Gasteiger partial charge is 0.426 e. The van der Waals surface area contributed by atoms with Crippen LogP contribution in [0, 0.1) is 3.57 Å². The Morgan fingerprint density at radius 3 is 2.67 bits per heavy atom. The number of rotatable bonds is 3. The minimum atomic E-state index is -4.33. The number of benzene rings is 1. The number of esters is 1. The number of halogens is 1. The number of hydrogen-bond acceptors (Lipinski definition) is 4. The average Bonchev–Trinajstić information content (AvgIpc) is 1.99. The highest BCUT2D eigenvalue weighted by atomic mass is 127. The summed E-state index contributed by atoms with van der Waals surface area (Å²) < 4.78 is 34.6. The maximum Gasteiger partial charge on any atom is 0.329 e. The molecule has 15 heavy (non-hydrogen) atoms. The van der Waals surface area contributed by atoms with Crippen molar-refractivity contribution < 1.29 is 22.5 Å². The van der Waals surface area contributed by atoms with E-state index in [2.05, 4.69) is 4.74 Å². The van der Waals surface area contributed by atoms with Gasteiger partial charge >= 0.3 is 5.97 Å². The van der Waals surface area contributed by atoms with Crippen LogP contribution in [0.3, 0.4) is 0 Å². The molecule has 82 valence electrons. The molecule has 0 unspecified atom stereocenters. The summed E-state index contributed by atoms with van der Waals surface area (Å²) in [7, 11) is -4.33. The normalized spacial score (nSPS) is 11.1. The van der Waals surface area contributed by atoms with Crippen LogP contribution < -0.4 is 4.74 Å². The highest BCUT2D eigenvalue weighted by molar-refractivity contribution is 14.1. The fraction of sp³-hybridized carbons (Fsp3) is 0.125. The van der Waals surface area contributed by atoms with E-state index in [1.807, 2.05) is 22.6 Å². The Bertz CT molecular complexity index is 468. The lowest BCUT2D eigenvalue weighted by molar-refractivity contribution is -0.131. The number of carbonyl (C=O) groups excluding carboxylic acids is 1. The number of hydrogen-bond donors (Lipinski definition) is 1. The lowest BCUT2D eigenvalue weighted by atomic mass is 10.3. The molecule has 0 bridgehead atoms. The zero-order chi connectivity index (χ0) is 11.5. The zero-order valence-electron chi connectivity index (χ0n) is 7.38. The molecule has 0 heterocycles. The Morgan fingerprint density at radius 1 is 1.47 bits per heavy atom. The topological polar surface area (TPSA) is 80.7 Å². The van der Waals surface area contributed by atoms with E-state index >= 15 is 0 Å². The Kier molecular flexibility index (Phi) is 4.05. The maximum absolute atomic E-state index is 11.0. The summed E-state index contributed by atoms with van der Waals surface area (Å²) >= 11 is 2.02.